The van der Waals surface area contributed by atoms with E-state index in [2.05, 4.69) is 0 Å². The number of hydrogen-bond donors (Lipinski definition) is 1. The van der Waals surface area contributed by atoms with Gasteiger partial charge in [0.2, 0.25) is 15.9 Å². The summed E-state index contributed by atoms with van der Waals surface area (Å²) in [6.45, 7) is 3.89. The molecule has 1 aliphatic carbocycles. The molecule has 0 bridgehead atoms. The van der Waals surface area contributed by atoms with Gasteiger partial charge in [-0.3, -0.25) is 4.79 Å². The van der Waals surface area contributed by atoms with Gasteiger partial charge in [-0.05, 0) is 25.2 Å². The van der Waals surface area contributed by atoms with Crippen LogP contribution in [0.1, 0.15) is 33.1 Å². The molecule has 0 radical (unpaired) electrons. The summed E-state index contributed by atoms with van der Waals surface area (Å²) in [5, 5.41) is 8.95. The Morgan fingerprint density at radius 2 is 1.95 bits per heavy atom. The van der Waals surface area contributed by atoms with Crippen molar-refractivity contribution in [3.8, 4) is 0 Å². The van der Waals surface area contributed by atoms with Crippen LogP contribution in [-0.2, 0) is 19.6 Å². The number of carboxylic acid groups (broad SMARTS) is 1. The normalized spacial score (nSPS) is 22.6. The highest BCUT2D eigenvalue weighted by atomic mass is 32.2. The molecule has 1 N–H and O–H groups in total. The highest BCUT2D eigenvalue weighted by Gasteiger charge is 2.44. The van der Waals surface area contributed by atoms with Crippen molar-refractivity contribution >= 4 is 21.9 Å². The third-order valence-electron chi connectivity index (χ3n) is 3.88. The number of rotatable bonds is 6. The number of carboxylic acids is 1. The van der Waals surface area contributed by atoms with Gasteiger partial charge in [-0.15, -0.1) is 0 Å². The number of amides is 1. The molecular formula is C13H22N2O5S. The molecule has 1 heterocycles. The van der Waals surface area contributed by atoms with Crippen LogP contribution in [-0.4, -0.2) is 65.5 Å². The zero-order valence-corrected chi connectivity index (χ0v) is 13.2. The van der Waals surface area contributed by atoms with E-state index in [0.717, 1.165) is 0 Å². The molecular weight excluding hydrogens is 296 g/mol. The van der Waals surface area contributed by atoms with Crippen molar-refractivity contribution < 1.29 is 23.1 Å². The predicted molar refractivity (Wildman–Crippen MR) is 76.1 cm³/mol. The van der Waals surface area contributed by atoms with Gasteiger partial charge in [0.1, 0.15) is 6.04 Å². The molecule has 1 saturated carbocycles. The lowest BCUT2D eigenvalue weighted by atomic mass is 10.0. The van der Waals surface area contributed by atoms with Crippen LogP contribution in [0.25, 0.3) is 0 Å². The Morgan fingerprint density at radius 1 is 1.33 bits per heavy atom. The Kier molecular flexibility index (Phi) is 4.57. The summed E-state index contributed by atoms with van der Waals surface area (Å²) < 4.78 is 25.4. The SMILES string of the molecule is CC(C)CC(C(=O)O)N1CCN(S(=O)(=O)C2CC2)CC1=O. The van der Waals surface area contributed by atoms with Crippen LogP contribution in [0.5, 0.6) is 0 Å². The van der Waals surface area contributed by atoms with Crippen molar-refractivity contribution in [1.82, 2.24) is 9.21 Å². The summed E-state index contributed by atoms with van der Waals surface area (Å²) >= 11 is 0. The molecule has 1 unspecified atom stereocenters. The van der Waals surface area contributed by atoms with Gasteiger partial charge in [0.25, 0.3) is 0 Å². The number of hydrogen-bond acceptors (Lipinski definition) is 4. The zero-order chi connectivity index (χ0) is 15.8. The smallest absolute Gasteiger partial charge is 0.326 e. The second-order valence-corrected chi connectivity index (χ2v) is 8.36. The average Bonchev–Trinajstić information content (AvgIpc) is 3.20. The van der Waals surface area contributed by atoms with Crippen LogP contribution in [0.15, 0.2) is 0 Å². The summed E-state index contributed by atoms with van der Waals surface area (Å²) in [7, 11) is -3.38. The van der Waals surface area contributed by atoms with Gasteiger partial charge in [-0.2, -0.15) is 4.31 Å². The van der Waals surface area contributed by atoms with Gasteiger partial charge in [0.15, 0.2) is 0 Å². The Bertz CT molecular complexity index is 527. The van der Waals surface area contributed by atoms with Crippen molar-refractivity contribution in [2.75, 3.05) is 19.6 Å². The van der Waals surface area contributed by atoms with Gasteiger partial charge in [0.05, 0.1) is 11.8 Å². The summed E-state index contributed by atoms with van der Waals surface area (Å²) in [6, 6.07) is -0.872. The lowest BCUT2D eigenvalue weighted by Crippen LogP contribution is -2.57. The topological polar surface area (TPSA) is 95.0 Å². The van der Waals surface area contributed by atoms with E-state index in [4.69, 9.17) is 0 Å². The van der Waals surface area contributed by atoms with Crippen molar-refractivity contribution in [2.45, 2.75) is 44.4 Å². The average molecular weight is 318 g/mol. The largest absolute Gasteiger partial charge is 0.480 e. The van der Waals surface area contributed by atoms with E-state index < -0.39 is 27.9 Å². The molecule has 0 aromatic heterocycles. The molecule has 1 atom stereocenters. The lowest BCUT2D eigenvalue weighted by Gasteiger charge is -2.37. The number of carbonyl (C=O) groups excluding carboxylic acids is 1. The van der Waals surface area contributed by atoms with Crippen molar-refractivity contribution in [3.05, 3.63) is 0 Å². The lowest BCUT2D eigenvalue weighted by molar-refractivity contribution is -0.152. The Balaban J connectivity index is 2.06. The predicted octanol–water partition coefficient (Wildman–Crippen LogP) is 0.122. The van der Waals surface area contributed by atoms with E-state index in [-0.39, 0.29) is 30.8 Å². The summed E-state index contributed by atoms with van der Waals surface area (Å²) in [5.41, 5.74) is 0. The fourth-order valence-electron chi connectivity index (χ4n) is 2.60. The molecule has 1 amide bonds. The summed E-state index contributed by atoms with van der Waals surface area (Å²) in [5.74, 6) is -1.30. The van der Waals surface area contributed by atoms with E-state index in [9.17, 15) is 23.1 Å². The van der Waals surface area contributed by atoms with Crippen molar-refractivity contribution in [2.24, 2.45) is 5.92 Å². The second-order valence-electron chi connectivity index (χ2n) is 6.15. The van der Waals surface area contributed by atoms with E-state index in [1.54, 1.807) is 0 Å². The number of aliphatic carboxylic acids is 1. The Hall–Kier alpha value is -1.15. The maximum Gasteiger partial charge on any atom is 0.326 e. The molecule has 0 spiro atoms. The molecule has 0 aromatic carbocycles. The van der Waals surface area contributed by atoms with Gasteiger partial charge < -0.3 is 10.0 Å². The monoisotopic (exact) mass is 318 g/mol. The third kappa shape index (κ3) is 3.55. The molecule has 7 nitrogen and oxygen atoms in total. The first-order chi connectivity index (χ1) is 9.73. The maximum absolute atomic E-state index is 12.2. The molecule has 21 heavy (non-hydrogen) atoms. The van der Waals surface area contributed by atoms with E-state index in [0.29, 0.717) is 19.3 Å². The first-order valence-electron chi connectivity index (χ1n) is 7.24. The van der Waals surface area contributed by atoms with Gasteiger partial charge >= 0.3 is 5.97 Å². The number of nitrogens with zero attached hydrogens (tertiary/aromatic N) is 2. The van der Waals surface area contributed by atoms with Gasteiger partial charge in [0, 0.05) is 13.1 Å². The fraction of sp³-hybridized carbons (Fsp3) is 0.846. The van der Waals surface area contributed by atoms with Crippen LogP contribution in [0.2, 0.25) is 0 Å². The van der Waals surface area contributed by atoms with Crippen LogP contribution < -0.4 is 0 Å². The molecule has 2 aliphatic rings. The molecule has 1 saturated heterocycles. The van der Waals surface area contributed by atoms with Crippen molar-refractivity contribution in [1.29, 1.82) is 0 Å². The molecule has 0 aromatic rings. The molecule has 8 heteroatoms. The minimum absolute atomic E-state index is 0.145. The van der Waals surface area contributed by atoms with E-state index in [1.165, 1.54) is 9.21 Å². The standard InChI is InChI=1S/C13H22N2O5S/c1-9(2)7-11(13(17)18)15-6-5-14(8-12(15)16)21(19,20)10-3-4-10/h9-11H,3-8H2,1-2H3,(H,17,18). The first-order valence-corrected chi connectivity index (χ1v) is 8.75. The summed E-state index contributed by atoms with van der Waals surface area (Å²) in [6.07, 6.45) is 1.68. The van der Waals surface area contributed by atoms with Gasteiger partial charge in [-0.25, -0.2) is 13.2 Å². The first kappa shape index (κ1) is 16.2. The molecule has 2 fully saturated rings. The molecule has 1 aliphatic heterocycles. The van der Waals surface area contributed by atoms with Crippen LogP contribution in [0.4, 0.5) is 0 Å². The zero-order valence-electron chi connectivity index (χ0n) is 12.4. The van der Waals surface area contributed by atoms with Crippen LogP contribution in [0, 0.1) is 5.92 Å². The highest BCUT2D eigenvalue weighted by molar-refractivity contribution is 7.90. The molecule has 120 valence electrons. The van der Waals surface area contributed by atoms with Gasteiger partial charge in [-0.1, -0.05) is 13.8 Å². The summed E-state index contributed by atoms with van der Waals surface area (Å²) in [4.78, 5) is 24.8. The quantitative estimate of drug-likeness (QED) is 0.750. The second kappa shape index (κ2) is 5.92. The Morgan fingerprint density at radius 3 is 2.38 bits per heavy atom. The van der Waals surface area contributed by atoms with E-state index >= 15 is 0 Å². The Labute approximate surface area is 125 Å². The fourth-order valence-corrected chi connectivity index (χ4v) is 4.38. The highest BCUT2D eigenvalue weighted by Crippen LogP contribution is 2.31. The van der Waals surface area contributed by atoms with Crippen molar-refractivity contribution in [3.63, 3.8) is 0 Å². The molecule has 2 rings (SSSR count). The maximum atomic E-state index is 12.2. The number of sulfonamides is 1. The van der Waals surface area contributed by atoms with E-state index in [1.807, 2.05) is 13.8 Å². The van der Waals surface area contributed by atoms with Crippen LogP contribution in [0.3, 0.4) is 0 Å². The minimum atomic E-state index is -3.38. The third-order valence-corrected chi connectivity index (χ3v) is 6.23. The number of piperazine rings is 1. The minimum Gasteiger partial charge on any atom is -0.480 e. The number of carbonyl (C=O) groups is 2. The van der Waals surface area contributed by atoms with Crippen LogP contribution >= 0.6 is 0 Å².